The number of ether oxygens (including phenoxy) is 1. The number of alkyl halides is 1. The van der Waals surface area contributed by atoms with E-state index >= 15 is 0 Å². The second kappa shape index (κ2) is 7.50. The monoisotopic (exact) mass is 393 g/mol. The second-order valence-corrected chi connectivity index (χ2v) is 8.18. The number of anilines is 2. The van der Waals surface area contributed by atoms with Crippen LogP contribution < -0.4 is 15.5 Å². The summed E-state index contributed by atoms with van der Waals surface area (Å²) in [7, 11) is 0. The molecule has 4 unspecified atom stereocenters. The van der Waals surface area contributed by atoms with Gasteiger partial charge in [0.1, 0.15) is 12.4 Å². The average Bonchev–Trinajstić information content (AvgIpc) is 3.07. The van der Waals surface area contributed by atoms with E-state index in [-0.39, 0.29) is 29.3 Å². The lowest BCUT2D eigenvalue weighted by Gasteiger charge is -2.42. The highest BCUT2D eigenvalue weighted by Gasteiger charge is 2.41. The molecule has 2 amide bonds. The van der Waals surface area contributed by atoms with E-state index in [1.54, 1.807) is 12.3 Å². The fourth-order valence-electron chi connectivity index (χ4n) is 4.29. The van der Waals surface area contributed by atoms with E-state index in [2.05, 4.69) is 20.6 Å². The van der Waals surface area contributed by atoms with Crippen LogP contribution in [0.5, 0.6) is 0 Å². The van der Waals surface area contributed by atoms with Crippen molar-refractivity contribution in [2.45, 2.75) is 50.1 Å². The molecule has 0 bridgehead atoms. The Morgan fingerprint density at radius 2 is 2.22 bits per heavy atom. The zero-order valence-electron chi connectivity index (χ0n) is 15.2. The summed E-state index contributed by atoms with van der Waals surface area (Å²) in [6, 6.07) is 1.78. The van der Waals surface area contributed by atoms with Crippen LogP contribution in [0, 0.1) is 11.8 Å². The van der Waals surface area contributed by atoms with Gasteiger partial charge in [-0.3, -0.25) is 9.69 Å². The van der Waals surface area contributed by atoms with Crippen LogP contribution in [0.25, 0.3) is 0 Å². The van der Waals surface area contributed by atoms with Gasteiger partial charge in [0.2, 0.25) is 11.9 Å². The molecule has 0 radical (unpaired) electrons. The van der Waals surface area contributed by atoms with Crippen LogP contribution in [0.3, 0.4) is 0 Å². The van der Waals surface area contributed by atoms with Gasteiger partial charge in [-0.2, -0.15) is 4.98 Å². The molecule has 1 saturated carbocycles. The highest BCUT2D eigenvalue weighted by atomic mass is 35.5. The van der Waals surface area contributed by atoms with Gasteiger partial charge in [-0.25, -0.2) is 9.78 Å². The smallest absolute Gasteiger partial charge is 0.415 e. The molecule has 3 aliphatic rings. The Morgan fingerprint density at radius 3 is 3.00 bits per heavy atom. The highest BCUT2D eigenvalue weighted by molar-refractivity contribution is 6.20. The Kier molecular flexibility index (Phi) is 5.08. The quantitative estimate of drug-likeness (QED) is 0.761. The molecule has 3 fully saturated rings. The summed E-state index contributed by atoms with van der Waals surface area (Å²) in [5.74, 6) is 1.21. The lowest BCUT2D eigenvalue weighted by atomic mass is 9.74. The molecule has 3 heterocycles. The van der Waals surface area contributed by atoms with Crippen LogP contribution >= 0.6 is 11.6 Å². The van der Waals surface area contributed by atoms with E-state index in [4.69, 9.17) is 16.3 Å². The number of halogens is 1. The number of piperidine rings is 1. The van der Waals surface area contributed by atoms with Gasteiger partial charge in [0.05, 0.1) is 12.5 Å². The van der Waals surface area contributed by atoms with Gasteiger partial charge in [-0.05, 0) is 44.6 Å². The Labute approximate surface area is 163 Å². The molecule has 4 rings (SSSR count). The molecule has 1 aromatic rings. The average molecular weight is 394 g/mol. The first-order valence-corrected chi connectivity index (χ1v) is 9.93. The molecule has 146 valence electrons. The summed E-state index contributed by atoms with van der Waals surface area (Å²) in [5, 5.41) is 6.60. The summed E-state index contributed by atoms with van der Waals surface area (Å²) in [6.45, 7) is 2.79. The van der Waals surface area contributed by atoms with E-state index in [0.29, 0.717) is 30.8 Å². The lowest BCUT2D eigenvalue weighted by Crippen LogP contribution is -2.55. The van der Waals surface area contributed by atoms with Crippen molar-refractivity contribution in [2.24, 2.45) is 11.8 Å². The number of hydrogen-bond acceptors (Lipinski definition) is 6. The summed E-state index contributed by atoms with van der Waals surface area (Å²) in [4.78, 5) is 34.4. The maximum Gasteiger partial charge on any atom is 0.415 e. The number of rotatable bonds is 4. The van der Waals surface area contributed by atoms with Crippen molar-refractivity contribution in [2.75, 3.05) is 23.4 Å². The topological polar surface area (TPSA) is 96.4 Å². The fourth-order valence-corrected chi connectivity index (χ4v) is 4.64. The van der Waals surface area contributed by atoms with Crippen molar-refractivity contribution in [3.05, 3.63) is 12.3 Å². The number of amides is 2. The van der Waals surface area contributed by atoms with Gasteiger partial charge in [0, 0.05) is 23.7 Å². The van der Waals surface area contributed by atoms with Gasteiger partial charge in [-0.1, -0.05) is 0 Å². The predicted octanol–water partition coefficient (Wildman–Crippen LogP) is 2.15. The van der Waals surface area contributed by atoms with Crippen molar-refractivity contribution in [3.8, 4) is 0 Å². The summed E-state index contributed by atoms with van der Waals surface area (Å²) < 4.78 is 4.95. The SMILES string of the molecule is C[C@@H](Nc1nccc(N2CCOC2=O)n1)C1CC2CC(Cl)CCC2NC1=O. The molecule has 1 aliphatic carbocycles. The van der Waals surface area contributed by atoms with Crippen LogP contribution in [0.15, 0.2) is 12.3 Å². The standard InChI is InChI=1S/C18H24ClN5O3/c1-10(13-9-11-8-12(19)2-3-14(11)22-16(13)25)21-17-20-5-4-15(23-17)24-6-7-27-18(24)26/h4-5,10-14H,2-3,6-9H2,1H3,(H,22,25)(H,20,21,23)/t10-,11?,12?,13?,14?/m1/s1. The van der Waals surface area contributed by atoms with E-state index in [1.165, 1.54) is 4.90 Å². The number of cyclic esters (lactones) is 1. The molecule has 0 aromatic carbocycles. The number of aromatic nitrogens is 2. The summed E-state index contributed by atoms with van der Waals surface area (Å²) in [6.07, 6.45) is 4.86. The van der Waals surface area contributed by atoms with Crippen molar-refractivity contribution < 1.29 is 14.3 Å². The molecule has 9 heteroatoms. The number of nitrogens with zero attached hydrogens (tertiary/aromatic N) is 3. The fraction of sp³-hybridized carbons (Fsp3) is 0.667. The van der Waals surface area contributed by atoms with Gasteiger partial charge in [0.15, 0.2) is 0 Å². The number of carbonyl (C=O) groups is 2. The third-order valence-electron chi connectivity index (χ3n) is 5.78. The Bertz CT molecular complexity index is 733. The van der Waals surface area contributed by atoms with Crippen molar-refractivity contribution in [1.29, 1.82) is 0 Å². The molecule has 1 aromatic heterocycles. The zero-order chi connectivity index (χ0) is 19.0. The molecule has 2 N–H and O–H groups in total. The van der Waals surface area contributed by atoms with Gasteiger partial charge in [0.25, 0.3) is 0 Å². The third kappa shape index (κ3) is 3.81. The summed E-state index contributed by atoms with van der Waals surface area (Å²) >= 11 is 6.33. The third-order valence-corrected chi connectivity index (χ3v) is 6.17. The molecule has 27 heavy (non-hydrogen) atoms. The highest BCUT2D eigenvalue weighted by Crippen LogP contribution is 2.36. The maximum atomic E-state index is 12.6. The van der Waals surface area contributed by atoms with E-state index in [0.717, 1.165) is 25.7 Å². The van der Waals surface area contributed by atoms with Crippen molar-refractivity contribution >= 4 is 35.4 Å². The Hall–Kier alpha value is -2.09. The number of nitrogens with one attached hydrogen (secondary N) is 2. The first-order valence-electron chi connectivity index (χ1n) is 9.49. The Balaban J connectivity index is 1.43. The van der Waals surface area contributed by atoms with Crippen molar-refractivity contribution in [3.63, 3.8) is 0 Å². The molecule has 5 atom stereocenters. The van der Waals surface area contributed by atoms with E-state index in [9.17, 15) is 9.59 Å². The molecule has 2 saturated heterocycles. The van der Waals surface area contributed by atoms with Crippen LogP contribution in [-0.4, -0.2) is 52.6 Å². The number of fused-ring (bicyclic) bond motifs is 1. The van der Waals surface area contributed by atoms with Crippen LogP contribution in [0.1, 0.15) is 32.6 Å². The van der Waals surface area contributed by atoms with Gasteiger partial charge in [-0.15, -0.1) is 11.6 Å². The first kappa shape index (κ1) is 18.3. The van der Waals surface area contributed by atoms with Gasteiger partial charge >= 0.3 is 6.09 Å². The van der Waals surface area contributed by atoms with Crippen LogP contribution in [-0.2, 0) is 9.53 Å². The summed E-state index contributed by atoms with van der Waals surface area (Å²) in [5.41, 5.74) is 0. The normalized spacial score (nSPS) is 31.7. The minimum absolute atomic E-state index is 0.0727. The lowest BCUT2D eigenvalue weighted by molar-refractivity contribution is -0.130. The minimum atomic E-state index is -0.404. The molecule has 2 aliphatic heterocycles. The van der Waals surface area contributed by atoms with E-state index < -0.39 is 6.09 Å². The number of carbonyl (C=O) groups excluding carboxylic acids is 2. The second-order valence-electron chi connectivity index (χ2n) is 7.57. The maximum absolute atomic E-state index is 12.6. The molecular formula is C18H24ClN5O3. The number of hydrogen-bond donors (Lipinski definition) is 2. The van der Waals surface area contributed by atoms with Crippen LogP contribution in [0.2, 0.25) is 0 Å². The largest absolute Gasteiger partial charge is 0.447 e. The van der Waals surface area contributed by atoms with E-state index in [1.807, 2.05) is 6.92 Å². The predicted molar refractivity (Wildman–Crippen MR) is 101 cm³/mol. The first-order chi connectivity index (χ1) is 13.0. The Morgan fingerprint density at radius 1 is 1.37 bits per heavy atom. The van der Waals surface area contributed by atoms with Crippen molar-refractivity contribution in [1.82, 2.24) is 15.3 Å². The molecule has 0 spiro atoms. The molecule has 8 nitrogen and oxygen atoms in total. The minimum Gasteiger partial charge on any atom is -0.447 e. The molecular weight excluding hydrogens is 370 g/mol. The van der Waals surface area contributed by atoms with Gasteiger partial charge < -0.3 is 15.4 Å². The van der Waals surface area contributed by atoms with Crippen LogP contribution in [0.4, 0.5) is 16.6 Å². The zero-order valence-corrected chi connectivity index (χ0v) is 16.0.